The van der Waals surface area contributed by atoms with Crippen molar-refractivity contribution in [1.29, 1.82) is 0 Å². The van der Waals surface area contributed by atoms with Crippen LogP contribution in [0.15, 0.2) is 58.5 Å². The molecule has 0 aliphatic heterocycles. The van der Waals surface area contributed by atoms with Crippen LogP contribution in [0.4, 0.5) is 5.13 Å². The number of hydrogen-bond donors (Lipinski definition) is 0. The molecule has 4 nitrogen and oxygen atoms in total. The Hall–Kier alpha value is -2.31. The van der Waals surface area contributed by atoms with E-state index in [1.807, 2.05) is 38.4 Å². The van der Waals surface area contributed by atoms with Gasteiger partial charge in [-0.1, -0.05) is 35.6 Å². The largest absolute Gasteiger partial charge is 0.384 e. The topological polar surface area (TPSA) is 33.5 Å². The van der Waals surface area contributed by atoms with Crippen molar-refractivity contribution in [3.05, 3.63) is 53.3 Å². The summed E-state index contributed by atoms with van der Waals surface area (Å²) in [6, 6.07) is 16.6. The summed E-state index contributed by atoms with van der Waals surface area (Å²) in [4.78, 5) is 10.0. The summed E-state index contributed by atoms with van der Waals surface area (Å²) in [6.07, 6.45) is 1.65. The van der Waals surface area contributed by atoms with Crippen molar-refractivity contribution in [3.8, 4) is 0 Å². The zero-order chi connectivity index (χ0) is 15.8. The second-order valence-electron chi connectivity index (χ2n) is 5.20. The SMILES string of the molecule is Cn1c(=N/C=N/c2sc3ccccc3[n+]2C)sc2ccccc21. The minimum Gasteiger partial charge on any atom is -0.319 e. The van der Waals surface area contributed by atoms with Gasteiger partial charge >= 0.3 is 5.13 Å². The zero-order valence-electron chi connectivity index (χ0n) is 12.8. The molecule has 2 aromatic heterocycles. The lowest BCUT2D eigenvalue weighted by molar-refractivity contribution is -0.627. The Labute approximate surface area is 141 Å². The van der Waals surface area contributed by atoms with Gasteiger partial charge in [0.1, 0.15) is 5.52 Å². The number of thiazole rings is 2. The van der Waals surface area contributed by atoms with E-state index in [2.05, 4.69) is 43.4 Å². The molecular formula is C17H15N4S2+. The van der Waals surface area contributed by atoms with E-state index >= 15 is 0 Å². The highest BCUT2D eigenvalue weighted by Crippen LogP contribution is 2.25. The number of aromatic nitrogens is 2. The predicted molar refractivity (Wildman–Crippen MR) is 97.5 cm³/mol. The van der Waals surface area contributed by atoms with Crippen LogP contribution in [0.2, 0.25) is 0 Å². The molecule has 114 valence electrons. The monoisotopic (exact) mass is 339 g/mol. The fourth-order valence-electron chi connectivity index (χ4n) is 2.53. The first-order chi connectivity index (χ1) is 11.2. The smallest absolute Gasteiger partial charge is 0.319 e. The van der Waals surface area contributed by atoms with Crippen molar-refractivity contribution in [2.24, 2.45) is 24.1 Å². The van der Waals surface area contributed by atoms with Gasteiger partial charge in [-0.3, -0.25) is 0 Å². The number of rotatable bonds is 2. The summed E-state index contributed by atoms with van der Waals surface area (Å²) in [5, 5.41) is 0.943. The number of aliphatic imine (C=N–C) groups is 1. The Kier molecular flexibility index (Phi) is 3.55. The molecule has 23 heavy (non-hydrogen) atoms. The molecule has 4 aromatic rings. The first kappa shape index (κ1) is 14.3. The second-order valence-corrected chi connectivity index (χ2v) is 7.21. The summed E-state index contributed by atoms with van der Waals surface area (Å²) in [5.74, 6) is 0. The van der Waals surface area contributed by atoms with Crippen LogP contribution in [-0.2, 0) is 14.1 Å². The summed E-state index contributed by atoms with van der Waals surface area (Å²) >= 11 is 3.34. The quantitative estimate of drug-likeness (QED) is 0.304. The maximum absolute atomic E-state index is 4.53. The Balaban J connectivity index is 1.75. The van der Waals surface area contributed by atoms with Crippen LogP contribution < -0.4 is 9.37 Å². The van der Waals surface area contributed by atoms with Crippen LogP contribution in [0.5, 0.6) is 0 Å². The third kappa shape index (κ3) is 2.50. The molecule has 0 unspecified atom stereocenters. The van der Waals surface area contributed by atoms with Crippen LogP contribution in [0.25, 0.3) is 20.4 Å². The molecule has 2 heterocycles. The second kappa shape index (κ2) is 5.72. The standard InChI is InChI=1S/C17H15N4S2/c1-20-12-7-3-5-9-14(12)22-16(20)18-11-19-17-21(2)13-8-4-6-10-15(13)23-17/h3-11H,1-2H3/q+1. The van der Waals surface area contributed by atoms with Gasteiger partial charge in [0, 0.05) is 7.05 Å². The Morgan fingerprint density at radius 2 is 1.74 bits per heavy atom. The summed E-state index contributed by atoms with van der Waals surface area (Å²) < 4.78 is 6.65. The Bertz CT molecular complexity index is 1100. The van der Waals surface area contributed by atoms with Crippen molar-refractivity contribution in [2.75, 3.05) is 0 Å². The van der Waals surface area contributed by atoms with Crippen molar-refractivity contribution in [3.63, 3.8) is 0 Å². The zero-order valence-corrected chi connectivity index (χ0v) is 14.4. The molecule has 0 fully saturated rings. The molecule has 0 spiro atoms. The number of benzene rings is 2. The Morgan fingerprint density at radius 3 is 2.52 bits per heavy atom. The molecule has 0 saturated heterocycles. The van der Waals surface area contributed by atoms with Crippen LogP contribution >= 0.6 is 22.7 Å². The van der Waals surface area contributed by atoms with E-state index in [9.17, 15) is 0 Å². The molecule has 0 bridgehead atoms. The van der Waals surface area contributed by atoms with Crippen LogP contribution in [0.1, 0.15) is 0 Å². The number of nitrogens with zero attached hydrogens (tertiary/aromatic N) is 4. The molecule has 0 N–H and O–H groups in total. The normalized spacial score (nSPS) is 12.9. The van der Waals surface area contributed by atoms with Gasteiger partial charge in [-0.15, -0.1) is 0 Å². The Morgan fingerprint density at radius 1 is 1.00 bits per heavy atom. The van der Waals surface area contributed by atoms with Gasteiger partial charge in [0.25, 0.3) is 0 Å². The van der Waals surface area contributed by atoms with Gasteiger partial charge in [-0.2, -0.15) is 4.99 Å². The fourth-order valence-corrected chi connectivity index (χ4v) is 4.51. The average molecular weight is 339 g/mol. The number of fused-ring (bicyclic) bond motifs is 2. The van der Waals surface area contributed by atoms with Gasteiger partial charge in [-0.05, 0) is 40.6 Å². The lowest BCUT2D eigenvalue weighted by Gasteiger charge is -1.92. The predicted octanol–water partition coefficient (Wildman–Crippen LogP) is 3.54. The van der Waals surface area contributed by atoms with E-state index < -0.39 is 0 Å². The molecule has 0 amide bonds. The molecule has 6 heteroatoms. The average Bonchev–Trinajstić information content (AvgIpc) is 3.07. The number of para-hydroxylation sites is 2. The third-order valence-electron chi connectivity index (χ3n) is 3.77. The summed E-state index contributed by atoms with van der Waals surface area (Å²) in [7, 11) is 4.07. The first-order valence-electron chi connectivity index (χ1n) is 7.22. The van der Waals surface area contributed by atoms with Crippen LogP contribution in [-0.4, -0.2) is 10.9 Å². The van der Waals surface area contributed by atoms with E-state index in [1.165, 1.54) is 20.4 Å². The van der Waals surface area contributed by atoms with E-state index in [0.717, 1.165) is 9.93 Å². The summed E-state index contributed by atoms with van der Waals surface area (Å²) in [6.45, 7) is 0. The van der Waals surface area contributed by atoms with Crippen molar-refractivity contribution in [1.82, 2.24) is 4.57 Å². The molecule has 0 atom stereocenters. The highest BCUT2D eigenvalue weighted by Gasteiger charge is 2.13. The number of hydrogen-bond acceptors (Lipinski definition) is 3. The van der Waals surface area contributed by atoms with Gasteiger partial charge in [0.2, 0.25) is 6.34 Å². The third-order valence-corrected chi connectivity index (χ3v) is 6.02. The maximum Gasteiger partial charge on any atom is 0.384 e. The fraction of sp³-hybridized carbons (Fsp3) is 0.118. The molecular weight excluding hydrogens is 324 g/mol. The lowest BCUT2D eigenvalue weighted by Crippen LogP contribution is -2.25. The minimum atomic E-state index is 0.943. The highest BCUT2D eigenvalue weighted by molar-refractivity contribution is 7.21. The van der Waals surface area contributed by atoms with Gasteiger partial charge in [-0.25, -0.2) is 4.57 Å². The van der Waals surface area contributed by atoms with Crippen LogP contribution in [0.3, 0.4) is 0 Å². The molecule has 2 aromatic carbocycles. The molecule has 0 radical (unpaired) electrons. The first-order valence-corrected chi connectivity index (χ1v) is 8.86. The van der Waals surface area contributed by atoms with E-state index in [-0.39, 0.29) is 0 Å². The minimum absolute atomic E-state index is 0.943. The number of aryl methyl sites for hydroxylation is 2. The van der Waals surface area contributed by atoms with Crippen molar-refractivity contribution in [2.45, 2.75) is 0 Å². The molecule has 0 aliphatic rings. The summed E-state index contributed by atoms with van der Waals surface area (Å²) in [5.41, 5.74) is 2.38. The van der Waals surface area contributed by atoms with Gasteiger partial charge < -0.3 is 4.57 Å². The van der Waals surface area contributed by atoms with Crippen molar-refractivity contribution >= 4 is 54.6 Å². The van der Waals surface area contributed by atoms with E-state index in [4.69, 9.17) is 0 Å². The highest BCUT2D eigenvalue weighted by atomic mass is 32.1. The molecule has 0 aliphatic carbocycles. The van der Waals surface area contributed by atoms with Gasteiger partial charge in [0.15, 0.2) is 4.80 Å². The van der Waals surface area contributed by atoms with Gasteiger partial charge in [0.05, 0.1) is 22.0 Å². The molecule has 0 saturated carbocycles. The van der Waals surface area contributed by atoms with E-state index in [0.29, 0.717) is 0 Å². The van der Waals surface area contributed by atoms with Crippen molar-refractivity contribution < 1.29 is 4.57 Å². The molecule has 4 rings (SSSR count). The van der Waals surface area contributed by atoms with E-state index in [1.54, 1.807) is 29.0 Å². The van der Waals surface area contributed by atoms with Crippen LogP contribution in [0, 0.1) is 0 Å². The maximum atomic E-state index is 4.53. The lowest BCUT2D eigenvalue weighted by atomic mass is 10.3.